The zero-order valence-corrected chi connectivity index (χ0v) is 5.87. The molecule has 0 aliphatic carbocycles. The monoisotopic (exact) mass is 137 g/mol. The number of hydrogen-bond acceptors (Lipinski definition) is 3. The first-order valence-corrected chi connectivity index (χ1v) is 3.24. The molecule has 3 heteroatoms. The van der Waals surface area contributed by atoms with Crippen LogP contribution in [0.2, 0.25) is 0 Å². The highest BCUT2D eigenvalue weighted by atomic mass is 16.5. The lowest BCUT2D eigenvalue weighted by molar-refractivity contribution is 0.303. The molecule has 10 heavy (non-hydrogen) atoms. The average Bonchev–Trinajstić information content (AvgIpc) is 2.03. The van der Waals surface area contributed by atoms with Gasteiger partial charge in [-0.2, -0.15) is 0 Å². The molecule has 1 aromatic heterocycles. The molecule has 0 N–H and O–H groups in total. The van der Waals surface area contributed by atoms with Gasteiger partial charge in [0.2, 0.25) is 5.88 Å². The van der Waals surface area contributed by atoms with Crippen molar-refractivity contribution in [2.45, 2.75) is 13.3 Å². The summed E-state index contributed by atoms with van der Waals surface area (Å²) < 4.78 is 5.15. The van der Waals surface area contributed by atoms with E-state index in [-0.39, 0.29) is 0 Å². The van der Waals surface area contributed by atoms with Crippen molar-refractivity contribution in [1.82, 2.24) is 9.97 Å². The molecule has 0 aliphatic rings. The summed E-state index contributed by atoms with van der Waals surface area (Å²) in [4.78, 5) is 7.60. The van der Waals surface area contributed by atoms with E-state index in [4.69, 9.17) is 4.74 Å². The van der Waals surface area contributed by atoms with Gasteiger partial charge in [-0.3, -0.25) is 4.98 Å². The van der Waals surface area contributed by atoms with Gasteiger partial charge in [-0.05, 0) is 6.42 Å². The Balaban J connectivity index is 2.43. The van der Waals surface area contributed by atoms with Crippen molar-refractivity contribution in [1.29, 1.82) is 0 Å². The van der Waals surface area contributed by atoms with E-state index in [1.54, 1.807) is 6.20 Å². The van der Waals surface area contributed by atoms with E-state index in [9.17, 15) is 0 Å². The first kappa shape index (κ1) is 6.99. The van der Waals surface area contributed by atoms with Gasteiger partial charge in [0, 0.05) is 0 Å². The van der Waals surface area contributed by atoms with Gasteiger partial charge in [0.15, 0.2) is 0 Å². The van der Waals surface area contributed by atoms with E-state index in [0.29, 0.717) is 12.5 Å². The molecule has 3 nitrogen and oxygen atoms in total. The summed E-state index contributed by atoms with van der Waals surface area (Å²) in [7, 11) is 0. The van der Waals surface area contributed by atoms with Crippen LogP contribution in [0, 0.1) is 6.20 Å². The second kappa shape index (κ2) is 3.82. The van der Waals surface area contributed by atoms with Crippen LogP contribution in [0.25, 0.3) is 0 Å². The summed E-state index contributed by atoms with van der Waals surface area (Å²) in [5.41, 5.74) is 0. The maximum Gasteiger partial charge on any atom is 0.232 e. The largest absolute Gasteiger partial charge is 0.477 e. The van der Waals surface area contributed by atoms with Crippen LogP contribution in [0.15, 0.2) is 12.4 Å². The minimum atomic E-state index is 0.546. The number of ether oxygens (including phenoxy) is 1. The molecule has 1 aromatic rings. The standard InChI is InChI=1S/C7H9N2O/c1-2-5-10-7-6-8-3-4-9-7/h3,6H,2,5H2,1H3. The van der Waals surface area contributed by atoms with Crippen molar-refractivity contribution in [2.24, 2.45) is 0 Å². The Kier molecular flexibility index (Phi) is 2.67. The SMILES string of the molecule is CCCOc1cnc[c]n1. The third-order valence-electron chi connectivity index (χ3n) is 0.946. The smallest absolute Gasteiger partial charge is 0.232 e. The lowest BCUT2D eigenvalue weighted by atomic mass is 10.5. The van der Waals surface area contributed by atoms with Gasteiger partial charge in [0.25, 0.3) is 0 Å². The Hall–Kier alpha value is -1.12. The van der Waals surface area contributed by atoms with Crippen LogP contribution >= 0.6 is 0 Å². The summed E-state index contributed by atoms with van der Waals surface area (Å²) >= 11 is 0. The molecule has 0 amide bonds. The molecule has 1 rings (SSSR count). The zero-order chi connectivity index (χ0) is 7.23. The molecule has 0 unspecified atom stereocenters. The fraction of sp³-hybridized carbons (Fsp3) is 0.429. The van der Waals surface area contributed by atoms with Gasteiger partial charge < -0.3 is 4.74 Å². The minimum Gasteiger partial charge on any atom is -0.477 e. The van der Waals surface area contributed by atoms with Crippen LogP contribution in [0.4, 0.5) is 0 Å². The molecule has 0 atom stereocenters. The average molecular weight is 137 g/mol. The summed E-state index contributed by atoms with van der Waals surface area (Å²) in [6.07, 6.45) is 6.64. The molecule has 1 radical (unpaired) electrons. The highest BCUT2D eigenvalue weighted by molar-refractivity contribution is 5.00. The second-order valence-corrected chi connectivity index (χ2v) is 1.83. The van der Waals surface area contributed by atoms with E-state index in [2.05, 4.69) is 16.2 Å². The Bertz CT molecular complexity index is 176. The van der Waals surface area contributed by atoms with Gasteiger partial charge in [-0.25, -0.2) is 4.98 Å². The van der Waals surface area contributed by atoms with E-state index >= 15 is 0 Å². The topological polar surface area (TPSA) is 35.0 Å². The third kappa shape index (κ3) is 2.01. The van der Waals surface area contributed by atoms with Crippen LogP contribution < -0.4 is 4.74 Å². The quantitative estimate of drug-likeness (QED) is 0.625. The Morgan fingerprint density at radius 3 is 3.20 bits per heavy atom. The summed E-state index contributed by atoms with van der Waals surface area (Å²) in [5.74, 6) is 0.546. The van der Waals surface area contributed by atoms with Gasteiger partial charge in [-0.15, -0.1) is 0 Å². The highest BCUT2D eigenvalue weighted by Crippen LogP contribution is 1.99. The third-order valence-corrected chi connectivity index (χ3v) is 0.946. The lowest BCUT2D eigenvalue weighted by Crippen LogP contribution is -1.96. The Morgan fingerprint density at radius 1 is 1.70 bits per heavy atom. The van der Waals surface area contributed by atoms with Gasteiger partial charge in [0.1, 0.15) is 6.20 Å². The second-order valence-electron chi connectivity index (χ2n) is 1.83. The van der Waals surface area contributed by atoms with Crippen LogP contribution in [0.1, 0.15) is 13.3 Å². The molecular weight excluding hydrogens is 128 g/mol. The normalized spacial score (nSPS) is 9.30. The molecule has 0 saturated carbocycles. The van der Waals surface area contributed by atoms with Gasteiger partial charge in [-0.1, -0.05) is 6.92 Å². The molecule has 0 bridgehead atoms. The zero-order valence-electron chi connectivity index (χ0n) is 5.87. The summed E-state index contributed by atoms with van der Waals surface area (Å²) in [5, 5.41) is 0. The maximum atomic E-state index is 5.15. The summed E-state index contributed by atoms with van der Waals surface area (Å²) in [6.45, 7) is 2.73. The summed E-state index contributed by atoms with van der Waals surface area (Å²) in [6, 6.07) is 0. The van der Waals surface area contributed by atoms with Crippen LogP contribution in [-0.4, -0.2) is 16.6 Å². The van der Waals surface area contributed by atoms with Crippen molar-refractivity contribution in [2.75, 3.05) is 6.61 Å². The van der Waals surface area contributed by atoms with Crippen LogP contribution in [0.3, 0.4) is 0 Å². The predicted octanol–water partition coefficient (Wildman–Crippen LogP) is 1.07. The number of rotatable bonds is 3. The van der Waals surface area contributed by atoms with Crippen molar-refractivity contribution in [3.63, 3.8) is 0 Å². The number of aromatic nitrogens is 2. The van der Waals surface area contributed by atoms with Crippen LogP contribution in [-0.2, 0) is 0 Å². The van der Waals surface area contributed by atoms with Crippen molar-refractivity contribution < 1.29 is 4.74 Å². The molecule has 0 aromatic carbocycles. The Morgan fingerprint density at radius 2 is 2.60 bits per heavy atom. The van der Waals surface area contributed by atoms with E-state index in [0.717, 1.165) is 6.42 Å². The van der Waals surface area contributed by atoms with E-state index < -0.39 is 0 Å². The maximum absolute atomic E-state index is 5.15. The molecular formula is C7H9N2O. The highest BCUT2D eigenvalue weighted by Gasteiger charge is 1.89. The Labute approximate surface area is 60.1 Å². The van der Waals surface area contributed by atoms with Crippen molar-refractivity contribution in [3.8, 4) is 5.88 Å². The van der Waals surface area contributed by atoms with Gasteiger partial charge in [0.05, 0.1) is 19.0 Å². The fourth-order valence-electron chi connectivity index (χ4n) is 0.532. The molecule has 0 aliphatic heterocycles. The molecule has 1 heterocycles. The fourth-order valence-corrected chi connectivity index (χ4v) is 0.532. The molecule has 0 saturated heterocycles. The minimum absolute atomic E-state index is 0.546. The molecule has 0 spiro atoms. The lowest BCUT2D eigenvalue weighted by Gasteiger charge is -1.99. The van der Waals surface area contributed by atoms with Crippen molar-refractivity contribution >= 4 is 0 Å². The first-order chi connectivity index (χ1) is 4.93. The number of hydrogen-bond donors (Lipinski definition) is 0. The first-order valence-electron chi connectivity index (χ1n) is 3.24. The predicted molar refractivity (Wildman–Crippen MR) is 36.7 cm³/mol. The molecule has 53 valence electrons. The van der Waals surface area contributed by atoms with Crippen LogP contribution in [0.5, 0.6) is 5.88 Å². The molecule has 0 fully saturated rings. The van der Waals surface area contributed by atoms with Gasteiger partial charge >= 0.3 is 0 Å². The van der Waals surface area contributed by atoms with Crippen molar-refractivity contribution in [3.05, 3.63) is 18.6 Å². The van der Waals surface area contributed by atoms with E-state index in [1.807, 2.05) is 6.92 Å². The number of nitrogens with zero attached hydrogens (tertiary/aromatic N) is 2. The van der Waals surface area contributed by atoms with E-state index in [1.165, 1.54) is 6.20 Å².